The van der Waals surface area contributed by atoms with Gasteiger partial charge in [0.2, 0.25) is 0 Å². The Balaban J connectivity index is 1.47. The molecule has 35 heavy (non-hydrogen) atoms. The van der Waals surface area contributed by atoms with Gasteiger partial charge < -0.3 is 25.3 Å². The maximum absolute atomic E-state index is 13.4. The van der Waals surface area contributed by atoms with Crippen molar-refractivity contribution in [3.05, 3.63) is 56.9 Å². The first-order chi connectivity index (χ1) is 16.8. The van der Waals surface area contributed by atoms with E-state index in [-0.39, 0.29) is 30.4 Å². The van der Waals surface area contributed by atoms with E-state index in [0.29, 0.717) is 41.1 Å². The van der Waals surface area contributed by atoms with E-state index in [2.05, 4.69) is 4.90 Å². The Morgan fingerprint density at radius 3 is 2.74 bits per heavy atom. The number of carbonyl (C=O) groups is 1. The second-order valence-corrected chi connectivity index (χ2v) is 9.84. The number of benzene rings is 1. The zero-order valence-electron chi connectivity index (χ0n) is 19.6. The lowest BCUT2D eigenvalue weighted by Gasteiger charge is -2.31. The number of carbonyl (C=O) groups excluding carboxylic acids is 1. The number of nitrogens with zero attached hydrogens (tertiary/aromatic N) is 3. The van der Waals surface area contributed by atoms with Crippen LogP contribution in [0.1, 0.15) is 48.4 Å². The van der Waals surface area contributed by atoms with Gasteiger partial charge in [0.15, 0.2) is 5.60 Å². The van der Waals surface area contributed by atoms with Gasteiger partial charge in [-0.15, -0.1) is 0 Å². The average Bonchev–Trinajstić information content (AvgIpc) is 3.21. The molecule has 3 aliphatic heterocycles. The molecule has 0 aliphatic carbocycles. The van der Waals surface area contributed by atoms with Crippen molar-refractivity contribution in [1.82, 2.24) is 14.5 Å². The summed E-state index contributed by atoms with van der Waals surface area (Å²) in [6.45, 7) is 4.21. The fraction of sp³-hybridized carbons (Fsp3) is 0.423. The number of hydrogen-bond acceptors (Lipinski definition) is 8. The largest absolute Gasteiger partial charge is 0.508 e. The van der Waals surface area contributed by atoms with Crippen LogP contribution < -0.4 is 11.3 Å². The normalized spacial score (nSPS) is 22.1. The van der Waals surface area contributed by atoms with Crippen LogP contribution in [0.25, 0.3) is 22.3 Å². The molecule has 2 aromatic heterocycles. The van der Waals surface area contributed by atoms with Crippen molar-refractivity contribution < 1.29 is 19.7 Å². The minimum absolute atomic E-state index is 0.101. The highest BCUT2D eigenvalue weighted by Gasteiger charge is 2.45. The maximum atomic E-state index is 13.4. The smallest absolute Gasteiger partial charge is 0.343 e. The van der Waals surface area contributed by atoms with Gasteiger partial charge in [-0.2, -0.15) is 0 Å². The quantitative estimate of drug-likeness (QED) is 0.381. The van der Waals surface area contributed by atoms with Crippen molar-refractivity contribution in [3.63, 3.8) is 0 Å². The molecule has 6 rings (SSSR count). The summed E-state index contributed by atoms with van der Waals surface area (Å²) in [5.74, 6) is -0.513. The van der Waals surface area contributed by atoms with Gasteiger partial charge >= 0.3 is 5.97 Å². The number of fused-ring (bicyclic) bond motifs is 5. The van der Waals surface area contributed by atoms with Crippen molar-refractivity contribution in [1.29, 1.82) is 0 Å². The highest BCUT2D eigenvalue weighted by Crippen LogP contribution is 2.39. The number of esters is 1. The van der Waals surface area contributed by atoms with Gasteiger partial charge in [-0.3, -0.25) is 9.69 Å². The molecular weight excluding hydrogens is 448 g/mol. The monoisotopic (exact) mass is 476 g/mol. The zero-order chi connectivity index (χ0) is 24.5. The number of likely N-dealkylation sites (tertiary alicyclic amines) is 1. The number of ether oxygens (including phenoxy) is 1. The number of aromatic nitrogens is 2. The van der Waals surface area contributed by atoms with E-state index in [1.54, 1.807) is 29.7 Å². The first kappa shape index (κ1) is 22.2. The van der Waals surface area contributed by atoms with Gasteiger partial charge in [0.25, 0.3) is 5.56 Å². The van der Waals surface area contributed by atoms with Gasteiger partial charge in [0.05, 0.1) is 29.0 Å². The fourth-order valence-corrected chi connectivity index (χ4v) is 5.60. The van der Waals surface area contributed by atoms with Crippen molar-refractivity contribution >= 4 is 16.9 Å². The van der Waals surface area contributed by atoms with Crippen molar-refractivity contribution in [2.75, 3.05) is 13.1 Å². The minimum atomic E-state index is -1.85. The number of hydrogen-bond donors (Lipinski definition) is 3. The van der Waals surface area contributed by atoms with Gasteiger partial charge in [-0.05, 0) is 56.6 Å². The van der Waals surface area contributed by atoms with E-state index < -0.39 is 11.6 Å². The summed E-state index contributed by atoms with van der Waals surface area (Å²) in [4.78, 5) is 32.9. The van der Waals surface area contributed by atoms with Crippen molar-refractivity contribution in [2.24, 2.45) is 5.73 Å². The molecule has 0 unspecified atom stereocenters. The Hall–Kier alpha value is -3.27. The molecule has 1 saturated heterocycles. The topological polar surface area (TPSA) is 131 Å². The Labute approximate surface area is 201 Å². The molecule has 1 fully saturated rings. The number of aliphatic hydroxyl groups is 1. The van der Waals surface area contributed by atoms with Crippen LogP contribution in [-0.2, 0) is 34.8 Å². The predicted octanol–water partition coefficient (Wildman–Crippen LogP) is 1.71. The number of pyridine rings is 2. The number of piperidine rings is 1. The summed E-state index contributed by atoms with van der Waals surface area (Å²) in [7, 11) is 0. The van der Waals surface area contributed by atoms with Gasteiger partial charge in [-0.25, -0.2) is 9.78 Å². The van der Waals surface area contributed by atoms with Gasteiger partial charge in [0, 0.05) is 34.7 Å². The molecule has 0 spiro atoms. The van der Waals surface area contributed by atoms with Crippen LogP contribution in [0, 0.1) is 0 Å². The summed E-state index contributed by atoms with van der Waals surface area (Å²) >= 11 is 0. The number of phenolic OH excluding ortho intramolecular Hbond substituents is 1. The molecule has 9 nitrogen and oxygen atoms in total. The maximum Gasteiger partial charge on any atom is 0.343 e. The third kappa shape index (κ3) is 3.30. The number of phenols is 1. The third-order valence-corrected chi connectivity index (χ3v) is 7.79. The van der Waals surface area contributed by atoms with Crippen LogP contribution in [0.4, 0.5) is 0 Å². The zero-order valence-corrected chi connectivity index (χ0v) is 19.6. The molecule has 0 amide bonds. The predicted molar refractivity (Wildman–Crippen MR) is 129 cm³/mol. The molecule has 4 N–H and O–H groups in total. The summed E-state index contributed by atoms with van der Waals surface area (Å²) in [6.07, 6.45) is 1.96. The second kappa shape index (κ2) is 7.87. The van der Waals surface area contributed by atoms with Crippen LogP contribution in [0.5, 0.6) is 5.75 Å². The Morgan fingerprint density at radius 2 is 2.00 bits per heavy atom. The molecule has 1 aromatic carbocycles. The molecule has 1 atom stereocenters. The number of nitrogens with two attached hydrogens (primary N) is 1. The molecule has 3 aromatic rings. The molecule has 0 bridgehead atoms. The molecule has 0 saturated carbocycles. The van der Waals surface area contributed by atoms with E-state index in [9.17, 15) is 19.8 Å². The average molecular weight is 477 g/mol. The van der Waals surface area contributed by atoms with Crippen molar-refractivity contribution in [2.45, 2.75) is 57.5 Å². The summed E-state index contributed by atoms with van der Waals surface area (Å²) < 4.78 is 6.76. The van der Waals surface area contributed by atoms with Crippen LogP contribution in [0.3, 0.4) is 0 Å². The Bertz CT molecular complexity index is 1440. The fourth-order valence-electron chi connectivity index (χ4n) is 5.60. The van der Waals surface area contributed by atoms with E-state index in [1.165, 1.54) is 0 Å². The highest BCUT2D eigenvalue weighted by molar-refractivity contribution is 5.89. The lowest BCUT2D eigenvalue weighted by atomic mass is 9.86. The molecule has 0 radical (unpaired) electrons. The van der Waals surface area contributed by atoms with Crippen LogP contribution >= 0.6 is 0 Å². The molecular formula is C26H28N4O5. The first-order valence-corrected chi connectivity index (χ1v) is 12.1. The second-order valence-electron chi connectivity index (χ2n) is 9.84. The third-order valence-electron chi connectivity index (χ3n) is 7.79. The van der Waals surface area contributed by atoms with E-state index >= 15 is 0 Å². The Morgan fingerprint density at radius 1 is 1.23 bits per heavy atom. The molecule has 9 heteroatoms. The summed E-state index contributed by atoms with van der Waals surface area (Å²) in [5, 5.41) is 22.6. The van der Waals surface area contributed by atoms with Gasteiger partial charge in [0.1, 0.15) is 12.4 Å². The minimum Gasteiger partial charge on any atom is -0.508 e. The Kier molecular flexibility index (Phi) is 5.00. The SMILES string of the molecule is CC[C@@]1(O)C(=O)OCc2c1cc1n(c2=O)Cc2cc3c(CN4CCC(N)CC4)c(O)ccc3nc2-1. The molecule has 5 heterocycles. The van der Waals surface area contributed by atoms with Crippen molar-refractivity contribution in [3.8, 4) is 17.1 Å². The van der Waals surface area contributed by atoms with E-state index in [4.69, 9.17) is 15.5 Å². The molecule has 3 aliphatic rings. The van der Waals surface area contributed by atoms with E-state index in [1.807, 2.05) is 6.07 Å². The summed E-state index contributed by atoms with van der Waals surface area (Å²) in [6, 6.07) is 7.38. The van der Waals surface area contributed by atoms with Crippen LogP contribution in [-0.4, -0.2) is 49.8 Å². The number of aromatic hydroxyl groups is 1. The van der Waals surface area contributed by atoms with Crippen LogP contribution in [0.2, 0.25) is 0 Å². The number of rotatable bonds is 3. The molecule has 182 valence electrons. The number of cyclic esters (lactones) is 1. The lowest BCUT2D eigenvalue weighted by Crippen LogP contribution is -2.44. The lowest BCUT2D eigenvalue weighted by molar-refractivity contribution is -0.172. The summed E-state index contributed by atoms with van der Waals surface area (Å²) in [5.41, 5.74) is 8.13. The van der Waals surface area contributed by atoms with E-state index in [0.717, 1.165) is 42.4 Å². The van der Waals surface area contributed by atoms with Crippen LogP contribution in [0.15, 0.2) is 29.1 Å². The standard InChI is InChI=1S/C26H28N4O5/c1-2-26(34)19-10-21-23-14(11-30(21)24(32)18(19)13-35-25(26)33)9-16-17(22(31)4-3-20(16)28-23)12-29-7-5-15(27)6-8-29/h3-4,9-10,15,31,34H,2,5-8,11-13,27H2,1H3/t26-/m0/s1. The first-order valence-electron chi connectivity index (χ1n) is 12.1. The van der Waals surface area contributed by atoms with Gasteiger partial charge in [-0.1, -0.05) is 6.92 Å². The highest BCUT2D eigenvalue weighted by atomic mass is 16.6.